The van der Waals surface area contributed by atoms with E-state index in [-0.39, 0.29) is 0 Å². The Hall–Kier alpha value is -0.420. The number of hydrogen-bond acceptors (Lipinski definition) is 4. The van der Waals surface area contributed by atoms with Gasteiger partial charge in [0.25, 0.3) is 0 Å². The van der Waals surface area contributed by atoms with Crippen LogP contribution >= 0.6 is 0 Å². The molecule has 2 rings (SSSR count). The van der Waals surface area contributed by atoms with Crippen LogP contribution < -0.4 is 5.32 Å². The monoisotopic (exact) mass is 253 g/mol. The molecule has 0 bridgehead atoms. The summed E-state index contributed by atoms with van der Waals surface area (Å²) >= 11 is 0. The third-order valence-corrected chi connectivity index (χ3v) is 3.88. The topological polar surface area (TPSA) is 27.7 Å². The first kappa shape index (κ1) is 14.0. The Labute approximate surface area is 111 Å². The summed E-state index contributed by atoms with van der Waals surface area (Å²) in [5.74, 6) is 0. The van der Waals surface area contributed by atoms with Crippen LogP contribution in [0.15, 0.2) is 12.2 Å². The van der Waals surface area contributed by atoms with Gasteiger partial charge >= 0.3 is 0 Å². The third kappa shape index (κ3) is 4.05. The summed E-state index contributed by atoms with van der Waals surface area (Å²) < 4.78 is 5.42. The summed E-state index contributed by atoms with van der Waals surface area (Å²) in [6.45, 7) is 15.8. The van der Waals surface area contributed by atoms with Crippen LogP contribution in [0.2, 0.25) is 0 Å². The minimum atomic E-state index is 0.737. The molecule has 1 unspecified atom stereocenters. The lowest BCUT2D eigenvalue weighted by Gasteiger charge is -2.32. The fraction of sp³-hybridized carbons (Fsp3) is 0.857. The maximum atomic E-state index is 5.42. The number of likely N-dealkylation sites (tertiary alicyclic amines) is 1. The number of hydrogen-bond donors (Lipinski definition) is 1. The van der Waals surface area contributed by atoms with Crippen LogP contribution in [0, 0.1) is 0 Å². The average molecular weight is 253 g/mol. The molecule has 4 heteroatoms. The molecule has 0 radical (unpaired) electrons. The van der Waals surface area contributed by atoms with Crippen LogP contribution in [-0.2, 0) is 4.74 Å². The molecule has 1 N–H and O–H groups in total. The van der Waals surface area contributed by atoms with Crippen LogP contribution in [0.3, 0.4) is 0 Å². The first-order valence-electron chi connectivity index (χ1n) is 7.21. The second kappa shape index (κ2) is 7.24. The molecule has 1 atom stereocenters. The predicted octanol–water partition coefficient (Wildman–Crippen LogP) is 0.559. The number of likely N-dealkylation sites (N-methyl/N-ethyl adjacent to an activating group) is 1. The lowest BCUT2D eigenvalue weighted by atomic mass is 10.2. The molecule has 0 amide bonds. The van der Waals surface area contributed by atoms with E-state index in [1.165, 1.54) is 25.1 Å². The van der Waals surface area contributed by atoms with Crippen LogP contribution in [0.4, 0.5) is 0 Å². The van der Waals surface area contributed by atoms with Gasteiger partial charge in [0.1, 0.15) is 0 Å². The van der Waals surface area contributed by atoms with Gasteiger partial charge in [-0.3, -0.25) is 9.80 Å². The van der Waals surface area contributed by atoms with Gasteiger partial charge in [-0.25, -0.2) is 0 Å². The molecule has 2 aliphatic rings. The highest BCUT2D eigenvalue weighted by atomic mass is 16.5. The SMILES string of the molecule is C=C(CNCC)CN1CCC(N2CCOCC2)C1. The number of rotatable bonds is 6. The van der Waals surface area contributed by atoms with E-state index in [2.05, 4.69) is 28.6 Å². The highest BCUT2D eigenvalue weighted by molar-refractivity contribution is 5.01. The number of morpholine rings is 1. The molecule has 18 heavy (non-hydrogen) atoms. The van der Waals surface area contributed by atoms with Crippen molar-refractivity contribution >= 4 is 0 Å². The van der Waals surface area contributed by atoms with E-state index in [0.29, 0.717) is 0 Å². The molecule has 0 aromatic heterocycles. The Balaban J connectivity index is 1.69. The Morgan fingerprint density at radius 2 is 2.11 bits per heavy atom. The maximum absolute atomic E-state index is 5.42. The maximum Gasteiger partial charge on any atom is 0.0594 e. The van der Waals surface area contributed by atoms with Gasteiger partial charge in [-0.15, -0.1) is 0 Å². The van der Waals surface area contributed by atoms with Gasteiger partial charge in [-0.1, -0.05) is 13.5 Å². The van der Waals surface area contributed by atoms with Crippen LogP contribution in [0.1, 0.15) is 13.3 Å². The van der Waals surface area contributed by atoms with Crippen molar-refractivity contribution in [1.82, 2.24) is 15.1 Å². The van der Waals surface area contributed by atoms with Gasteiger partial charge < -0.3 is 10.1 Å². The van der Waals surface area contributed by atoms with Crippen molar-refractivity contribution in [2.75, 3.05) is 59.0 Å². The average Bonchev–Trinajstić information content (AvgIpc) is 2.86. The van der Waals surface area contributed by atoms with Gasteiger partial charge in [-0.05, 0) is 18.5 Å². The smallest absolute Gasteiger partial charge is 0.0594 e. The lowest BCUT2D eigenvalue weighted by Crippen LogP contribution is -2.44. The van der Waals surface area contributed by atoms with Gasteiger partial charge in [0.05, 0.1) is 13.2 Å². The summed E-state index contributed by atoms with van der Waals surface area (Å²) in [4.78, 5) is 5.14. The van der Waals surface area contributed by atoms with Crippen LogP contribution in [0.25, 0.3) is 0 Å². The van der Waals surface area contributed by atoms with Crippen LogP contribution in [-0.4, -0.2) is 74.9 Å². The zero-order chi connectivity index (χ0) is 12.8. The summed E-state index contributed by atoms with van der Waals surface area (Å²) in [7, 11) is 0. The summed E-state index contributed by atoms with van der Waals surface area (Å²) in [5, 5.41) is 3.34. The normalized spacial score (nSPS) is 26.6. The fourth-order valence-corrected chi connectivity index (χ4v) is 2.87. The van der Waals surface area contributed by atoms with Crippen molar-refractivity contribution in [3.05, 3.63) is 12.2 Å². The van der Waals surface area contributed by atoms with Gasteiger partial charge in [0.15, 0.2) is 0 Å². The minimum Gasteiger partial charge on any atom is -0.379 e. The molecule has 2 aliphatic heterocycles. The molecule has 0 spiro atoms. The van der Waals surface area contributed by atoms with E-state index >= 15 is 0 Å². The minimum absolute atomic E-state index is 0.737. The third-order valence-electron chi connectivity index (χ3n) is 3.88. The van der Waals surface area contributed by atoms with E-state index in [1.54, 1.807) is 0 Å². The highest BCUT2D eigenvalue weighted by Gasteiger charge is 2.28. The zero-order valence-electron chi connectivity index (χ0n) is 11.7. The molecule has 104 valence electrons. The molecular weight excluding hydrogens is 226 g/mol. The summed E-state index contributed by atoms with van der Waals surface area (Å²) in [6.07, 6.45) is 1.30. The zero-order valence-corrected chi connectivity index (χ0v) is 11.7. The van der Waals surface area contributed by atoms with Crippen molar-refractivity contribution in [3.63, 3.8) is 0 Å². The highest BCUT2D eigenvalue weighted by Crippen LogP contribution is 2.17. The molecule has 4 nitrogen and oxygen atoms in total. The Morgan fingerprint density at radius 3 is 2.83 bits per heavy atom. The van der Waals surface area contributed by atoms with Crippen molar-refractivity contribution in [2.24, 2.45) is 0 Å². The van der Waals surface area contributed by atoms with E-state index < -0.39 is 0 Å². The molecule has 0 saturated carbocycles. The quantitative estimate of drug-likeness (QED) is 0.700. The molecule has 0 aromatic carbocycles. The van der Waals surface area contributed by atoms with Crippen molar-refractivity contribution < 1.29 is 4.74 Å². The van der Waals surface area contributed by atoms with Crippen molar-refractivity contribution in [3.8, 4) is 0 Å². The largest absolute Gasteiger partial charge is 0.379 e. The molecule has 2 saturated heterocycles. The number of ether oxygens (including phenoxy) is 1. The standard InChI is InChI=1S/C14H27N3O/c1-3-15-10-13(2)11-16-5-4-14(12-16)17-6-8-18-9-7-17/h14-15H,2-12H2,1H3. The fourth-order valence-electron chi connectivity index (χ4n) is 2.87. The first-order valence-corrected chi connectivity index (χ1v) is 7.21. The predicted molar refractivity (Wildman–Crippen MR) is 74.9 cm³/mol. The Bertz CT molecular complexity index is 264. The van der Waals surface area contributed by atoms with E-state index in [4.69, 9.17) is 4.74 Å². The number of nitrogens with one attached hydrogen (secondary N) is 1. The van der Waals surface area contributed by atoms with Gasteiger partial charge in [0.2, 0.25) is 0 Å². The molecule has 0 aromatic rings. The summed E-state index contributed by atoms with van der Waals surface area (Å²) in [6, 6.07) is 0.737. The van der Waals surface area contributed by atoms with Crippen molar-refractivity contribution in [2.45, 2.75) is 19.4 Å². The second-order valence-corrected chi connectivity index (χ2v) is 5.36. The molecule has 2 fully saturated rings. The van der Waals surface area contributed by atoms with Gasteiger partial charge in [0, 0.05) is 45.3 Å². The summed E-state index contributed by atoms with van der Waals surface area (Å²) in [5.41, 5.74) is 1.31. The lowest BCUT2D eigenvalue weighted by molar-refractivity contribution is 0.0187. The molecule has 0 aliphatic carbocycles. The van der Waals surface area contributed by atoms with E-state index in [9.17, 15) is 0 Å². The molecular formula is C14H27N3O. The van der Waals surface area contributed by atoms with Gasteiger partial charge in [-0.2, -0.15) is 0 Å². The molecule has 2 heterocycles. The van der Waals surface area contributed by atoms with Crippen LogP contribution in [0.5, 0.6) is 0 Å². The number of nitrogens with zero attached hydrogens (tertiary/aromatic N) is 2. The first-order chi connectivity index (χ1) is 8.79. The Kier molecular flexibility index (Phi) is 5.63. The van der Waals surface area contributed by atoms with Crippen molar-refractivity contribution in [1.29, 1.82) is 0 Å². The second-order valence-electron chi connectivity index (χ2n) is 5.36. The van der Waals surface area contributed by atoms with E-state index in [1.807, 2.05) is 0 Å². The van der Waals surface area contributed by atoms with E-state index in [0.717, 1.165) is 52.0 Å². The Morgan fingerprint density at radius 1 is 1.33 bits per heavy atom.